The van der Waals surface area contributed by atoms with Crippen LogP contribution in [0.4, 0.5) is 0 Å². The summed E-state index contributed by atoms with van der Waals surface area (Å²) in [6, 6.07) is 0. The normalized spacial score (nSPS) is 12.0. The van der Waals surface area contributed by atoms with E-state index >= 15 is 0 Å². The van der Waals surface area contributed by atoms with Gasteiger partial charge in [-0.25, -0.2) is 0 Å². The number of hydrogen-bond acceptors (Lipinski definition) is 2. The quantitative estimate of drug-likeness (QED) is 0.552. The predicted octanol–water partition coefficient (Wildman–Crippen LogP) is 0.283. The van der Waals surface area contributed by atoms with Crippen molar-refractivity contribution < 1.29 is 10.2 Å². The molecule has 0 aliphatic rings. The van der Waals surface area contributed by atoms with Crippen molar-refractivity contribution in [2.24, 2.45) is 0 Å². The molecule has 0 rings (SSSR count). The van der Waals surface area contributed by atoms with Crippen LogP contribution in [0.1, 0.15) is 19.8 Å². The van der Waals surface area contributed by atoms with E-state index < -0.39 is 23.8 Å². The molecule has 4 heteroatoms. The van der Waals surface area contributed by atoms with Crippen molar-refractivity contribution in [2.75, 3.05) is 0 Å². The summed E-state index contributed by atoms with van der Waals surface area (Å²) in [6.07, 6.45) is 1.20. The summed E-state index contributed by atoms with van der Waals surface area (Å²) < 4.78 is -1.47. The van der Waals surface area contributed by atoms with Crippen LogP contribution in [0.5, 0.6) is 0 Å². The summed E-state index contributed by atoms with van der Waals surface area (Å²) in [5.74, 6) is 0. The van der Waals surface area contributed by atoms with Gasteiger partial charge < -0.3 is 0 Å². The molecule has 8 heavy (non-hydrogen) atoms. The zero-order valence-electron chi connectivity index (χ0n) is 4.69. The van der Waals surface area contributed by atoms with Gasteiger partial charge in [0.1, 0.15) is 0 Å². The van der Waals surface area contributed by atoms with Gasteiger partial charge in [0, 0.05) is 0 Å². The minimum atomic E-state index is -1.47. The van der Waals surface area contributed by atoms with E-state index in [1.807, 2.05) is 6.92 Å². The SMILES string of the molecule is CCC[C](O)(O)[Sn][Cl]. The van der Waals surface area contributed by atoms with Gasteiger partial charge in [-0.1, -0.05) is 0 Å². The first-order valence-corrected chi connectivity index (χ1v) is 7.49. The van der Waals surface area contributed by atoms with Crippen LogP contribution in [0.15, 0.2) is 0 Å². The second kappa shape index (κ2) is 3.93. The third-order valence-corrected chi connectivity index (χ3v) is 4.36. The molecule has 0 atom stereocenters. The second-order valence-corrected chi connectivity index (χ2v) is 5.75. The maximum absolute atomic E-state index is 8.82. The van der Waals surface area contributed by atoms with Crippen molar-refractivity contribution in [3.8, 4) is 0 Å². The van der Waals surface area contributed by atoms with Gasteiger partial charge in [0.25, 0.3) is 0 Å². The standard InChI is InChI=1S/C4H9O2.ClH.Sn/c1-2-3-4(5)6;;/h5-6H,2-3H2,1H3;1H;/q;;+1/p-1. The second-order valence-electron chi connectivity index (χ2n) is 1.66. The molecule has 0 unspecified atom stereocenters. The van der Waals surface area contributed by atoms with Crippen LogP contribution < -0.4 is 0 Å². The number of rotatable bonds is 3. The Labute approximate surface area is 62.8 Å². The summed E-state index contributed by atoms with van der Waals surface area (Å²) in [6.45, 7) is 1.90. The molecule has 2 nitrogen and oxygen atoms in total. The van der Waals surface area contributed by atoms with E-state index in [4.69, 9.17) is 19.1 Å². The summed E-state index contributed by atoms with van der Waals surface area (Å²) in [5.41, 5.74) is 0. The number of hydrogen-bond donors (Lipinski definition) is 2. The Morgan fingerprint density at radius 2 is 2.12 bits per heavy atom. The van der Waals surface area contributed by atoms with Crippen molar-refractivity contribution in [1.29, 1.82) is 0 Å². The molecule has 0 fully saturated rings. The molecule has 0 bridgehead atoms. The first kappa shape index (κ1) is 9.01. The molecule has 0 saturated carbocycles. The van der Waals surface area contributed by atoms with Crippen molar-refractivity contribution in [3.05, 3.63) is 0 Å². The molecule has 0 amide bonds. The Balaban J connectivity index is 3.37. The zero-order valence-corrected chi connectivity index (χ0v) is 8.30. The van der Waals surface area contributed by atoms with Crippen LogP contribution in [0.25, 0.3) is 0 Å². The molecule has 2 N–H and O–H groups in total. The van der Waals surface area contributed by atoms with Crippen molar-refractivity contribution in [1.82, 2.24) is 0 Å². The molecule has 48 valence electrons. The fourth-order valence-electron chi connectivity index (χ4n) is 0.396. The first-order chi connectivity index (χ1) is 3.62. The molecule has 0 aromatic carbocycles. The summed E-state index contributed by atoms with van der Waals surface area (Å²) in [7, 11) is 5.34. The Hall–Kier alpha value is 1.01. The number of halogens is 1. The third-order valence-electron chi connectivity index (χ3n) is 0.750. The maximum atomic E-state index is 8.82. The van der Waals surface area contributed by atoms with Crippen LogP contribution in [-0.4, -0.2) is 34.0 Å². The average molecular weight is 243 g/mol. The van der Waals surface area contributed by atoms with Gasteiger partial charge in [0.05, 0.1) is 0 Å². The fraction of sp³-hybridized carbons (Fsp3) is 1.00. The van der Waals surface area contributed by atoms with E-state index in [-0.39, 0.29) is 0 Å². The minimum absolute atomic E-state index is 0.419. The van der Waals surface area contributed by atoms with E-state index in [0.29, 0.717) is 6.42 Å². The molecule has 0 aromatic rings. The zero-order chi connectivity index (χ0) is 6.62. The van der Waals surface area contributed by atoms with E-state index in [9.17, 15) is 0 Å². The average Bonchev–Trinajstić information content (AvgIpc) is 1.67. The van der Waals surface area contributed by atoms with Gasteiger partial charge in [-0.15, -0.1) is 0 Å². The topological polar surface area (TPSA) is 40.5 Å². The number of aliphatic hydroxyl groups is 2. The van der Waals surface area contributed by atoms with Gasteiger partial charge in [-0.05, 0) is 0 Å². The van der Waals surface area contributed by atoms with E-state index in [1.54, 1.807) is 0 Å². The molecule has 0 aromatic heterocycles. The summed E-state index contributed by atoms with van der Waals surface area (Å²) in [4.78, 5) is 0. The monoisotopic (exact) mass is 244 g/mol. The molecule has 0 aliphatic carbocycles. The van der Waals surface area contributed by atoms with Gasteiger partial charge in [-0.3, -0.25) is 0 Å². The summed E-state index contributed by atoms with van der Waals surface area (Å²) in [5, 5.41) is 17.6. The van der Waals surface area contributed by atoms with Crippen LogP contribution in [0.3, 0.4) is 0 Å². The van der Waals surface area contributed by atoms with E-state index in [2.05, 4.69) is 0 Å². The van der Waals surface area contributed by atoms with Gasteiger partial charge in [-0.2, -0.15) is 0 Å². The molecule has 0 spiro atoms. The Bertz CT molecular complexity index is 67.1. The summed E-state index contributed by atoms with van der Waals surface area (Å²) >= 11 is -1.43. The van der Waals surface area contributed by atoms with Crippen LogP contribution >= 0.6 is 8.92 Å². The molecular formula is C4H9ClO2Sn. The van der Waals surface area contributed by atoms with E-state index in [1.165, 1.54) is 0 Å². The van der Waals surface area contributed by atoms with Crippen LogP contribution in [-0.2, 0) is 0 Å². The Morgan fingerprint density at radius 3 is 2.25 bits per heavy atom. The predicted molar refractivity (Wildman–Crippen MR) is 33.7 cm³/mol. The Morgan fingerprint density at radius 1 is 1.62 bits per heavy atom. The fourth-order valence-corrected chi connectivity index (χ4v) is 2.01. The van der Waals surface area contributed by atoms with Gasteiger partial charge >= 0.3 is 62.7 Å². The molecule has 2 radical (unpaired) electrons. The first-order valence-electron chi connectivity index (χ1n) is 2.45. The molecule has 0 saturated heterocycles. The van der Waals surface area contributed by atoms with E-state index in [0.717, 1.165) is 6.42 Å². The third kappa shape index (κ3) is 3.95. The van der Waals surface area contributed by atoms with Crippen molar-refractivity contribution >= 4 is 28.9 Å². The Kier molecular flexibility index (Phi) is 4.42. The molecule has 0 heterocycles. The molecular weight excluding hydrogens is 234 g/mol. The van der Waals surface area contributed by atoms with Gasteiger partial charge in [0.2, 0.25) is 0 Å². The van der Waals surface area contributed by atoms with Crippen molar-refractivity contribution in [2.45, 2.75) is 23.6 Å². The van der Waals surface area contributed by atoms with Crippen molar-refractivity contribution in [3.63, 3.8) is 0 Å². The van der Waals surface area contributed by atoms with Gasteiger partial charge in [0.15, 0.2) is 0 Å². The van der Waals surface area contributed by atoms with Crippen LogP contribution in [0, 0.1) is 0 Å². The molecule has 0 aliphatic heterocycles. The van der Waals surface area contributed by atoms with Crippen LogP contribution in [0.2, 0.25) is 0 Å².